The number of nitrogens with zero attached hydrogens (tertiary/aromatic N) is 1. The molecule has 3 rings (SSSR count). The molecule has 2 aromatic rings. The van der Waals surface area contributed by atoms with Gasteiger partial charge in [0.1, 0.15) is 11.6 Å². The summed E-state index contributed by atoms with van der Waals surface area (Å²) in [6.45, 7) is 6.08. The lowest BCUT2D eigenvalue weighted by Gasteiger charge is -2.42. The van der Waals surface area contributed by atoms with Gasteiger partial charge in [-0.25, -0.2) is 4.79 Å². The van der Waals surface area contributed by atoms with Gasteiger partial charge in [-0.15, -0.1) is 0 Å². The summed E-state index contributed by atoms with van der Waals surface area (Å²) in [5.41, 5.74) is -0.187. The molecule has 2 atom stereocenters. The van der Waals surface area contributed by atoms with Crippen molar-refractivity contribution >= 4 is 35.1 Å². The Labute approximate surface area is 173 Å². The van der Waals surface area contributed by atoms with Gasteiger partial charge in [0.2, 0.25) is 5.91 Å². The van der Waals surface area contributed by atoms with E-state index in [1.54, 1.807) is 44.2 Å². The number of hydrogen-bond acceptors (Lipinski definition) is 6. The van der Waals surface area contributed by atoms with Crippen LogP contribution in [0.2, 0.25) is 0 Å². The molecule has 30 heavy (non-hydrogen) atoms. The van der Waals surface area contributed by atoms with Crippen LogP contribution in [-0.2, 0) is 19.1 Å². The van der Waals surface area contributed by atoms with Crippen LogP contribution in [0.25, 0.3) is 0 Å². The molecule has 0 unspecified atom stereocenters. The van der Waals surface area contributed by atoms with E-state index in [-0.39, 0.29) is 11.7 Å². The number of esters is 1. The summed E-state index contributed by atoms with van der Waals surface area (Å²) in [5, 5.41) is 5.22. The maximum atomic E-state index is 13.2. The van der Waals surface area contributed by atoms with Gasteiger partial charge in [0.15, 0.2) is 11.9 Å². The molecule has 2 N–H and O–H groups in total. The maximum Gasteiger partial charge on any atom is 0.329 e. The van der Waals surface area contributed by atoms with Gasteiger partial charge in [0.05, 0.1) is 17.6 Å². The zero-order valence-electron chi connectivity index (χ0n) is 17.1. The molecule has 0 spiro atoms. The number of carbonyl (C=O) groups is 4. The Hall–Kier alpha value is -3.62. The van der Waals surface area contributed by atoms with Gasteiger partial charge in [0.25, 0.3) is 11.8 Å². The third-order valence-corrected chi connectivity index (χ3v) is 4.82. The first kappa shape index (κ1) is 21.1. The van der Waals surface area contributed by atoms with Crippen molar-refractivity contribution in [3.8, 4) is 0 Å². The fourth-order valence-corrected chi connectivity index (χ4v) is 3.09. The Morgan fingerprint density at radius 3 is 2.50 bits per heavy atom. The molecule has 0 bridgehead atoms. The topological polar surface area (TPSA) is 118 Å². The van der Waals surface area contributed by atoms with E-state index in [1.165, 1.54) is 31.1 Å². The van der Waals surface area contributed by atoms with Crippen molar-refractivity contribution in [1.82, 2.24) is 5.32 Å². The molecule has 0 fully saturated rings. The fourth-order valence-electron chi connectivity index (χ4n) is 3.09. The molecule has 9 nitrogen and oxygen atoms in total. The van der Waals surface area contributed by atoms with Crippen LogP contribution in [0, 0.1) is 0 Å². The molecule has 3 amide bonds. The molecular formula is C21H23N3O6. The summed E-state index contributed by atoms with van der Waals surface area (Å²) in [4.78, 5) is 51.4. The van der Waals surface area contributed by atoms with E-state index in [2.05, 4.69) is 10.6 Å². The number of benzene rings is 1. The van der Waals surface area contributed by atoms with Crippen LogP contribution in [0.5, 0.6) is 0 Å². The van der Waals surface area contributed by atoms with E-state index in [9.17, 15) is 19.2 Å². The molecule has 0 radical (unpaired) electrons. The van der Waals surface area contributed by atoms with Crippen molar-refractivity contribution < 1.29 is 28.3 Å². The molecule has 9 heteroatoms. The molecule has 1 aliphatic rings. The summed E-state index contributed by atoms with van der Waals surface area (Å²) in [6, 6.07) is 8.87. The van der Waals surface area contributed by atoms with E-state index in [0.717, 1.165) is 0 Å². The number of para-hydroxylation sites is 2. The highest BCUT2D eigenvalue weighted by Crippen LogP contribution is 2.37. The molecule has 0 aliphatic carbocycles. The third kappa shape index (κ3) is 3.91. The summed E-state index contributed by atoms with van der Waals surface area (Å²) < 4.78 is 10.3. The summed E-state index contributed by atoms with van der Waals surface area (Å²) in [5.74, 6) is -2.22. The summed E-state index contributed by atoms with van der Waals surface area (Å²) in [6.07, 6.45) is 0.159. The number of furan rings is 1. The third-order valence-electron chi connectivity index (χ3n) is 4.82. The Balaban J connectivity index is 1.72. The van der Waals surface area contributed by atoms with Crippen molar-refractivity contribution in [2.75, 3.05) is 10.2 Å². The highest BCUT2D eigenvalue weighted by Gasteiger charge is 2.45. The van der Waals surface area contributed by atoms with Crippen LogP contribution in [-0.4, -0.2) is 41.4 Å². The van der Waals surface area contributed by atoms with Crippen molar-refractivity contribution in [3.05, 3.63) is 48.4 Å². The first-order chi connectivity index (χ1) is 14.1. The molecule has 2 heterocycles. The van der Waals surface area contributed by atoms with E-state index in [4.69, 9.17) is 9.15 Å². The normalized spacial score (nSPS) is 16.7. The lowest BCUT2D eigenvalue weighted by atomic mass is 9.95. The number of hydrogen-bond donors (Lipinski definition) is 2. The van der Waals surface area contributed by atoms with Gasteiger partial charge in [0, 0.05) is 0 Å². The number of carbonyl (C=O) groups excluding carboxylic acids is 4. The molecular weight excluding hydrogens is 390 g/mol. The van der Waals surface area contributed by atoms with Gasteiger partial charge in [-0.2, -0.15) is 0 Å². The van der Waals surface area contributed by atoms with Crippen LogP contribution in [0.4, 0.5) is 11.4 Å². The molecule has 1 aliphatic heterocycles. The molecule has 0 saturated heterocycles. The standard InChI is InChI=1S/C21H23N3O6/c1-12(22-17(25)16-10-7-11-29-16)19(27)30-13(2)18(26)24-15-9-6-5-8-14(15)23-20(28)21(24,3)4/h5-13H,1-4H3,(H,22,25)(H,23,28)/t12-,13+/m0/s1. The highest BCUT2D eigenvalue weighted by molar-refractivity contribution is 6.15. The molecule has 1 aromatic heterocycles. The molecule has 0 saturated carbocycles. The van der Waals surface area contributed by atoms with Gasteiger partial charge in [-0.3, -0.25) is 19.3 Å². The smallest absolute Gasteiger partial charge is 0.329 e. The Bertz CT molecular complexity index is 982. The Morgan fingerprint density at radius 1 is 1.13 bits per heavy atom. The van der Waals surface area contributed by atoms with Crippen molar-refractivity contribution in [1.29, 1.82) is 0 Å². The zero-order chi connectivity index (χ0) is 22.1. The average molecular weight is 413 g/mol. The van der Waals surface area contributed by atoms with E-state index >= 15 is 0 Å². The highest BCUT2D eigenvalue weighted by atomic mass is 16.5. The van der Waals surface area contributed by atoms with Crippen molar-refractivity contribution in [3.63, 3.8) is 0 Å². The average Bonchev–Trinajstić information content (AvgIpc) is 3.23. The number of amides is 3. The van der Waals surface area contributed by atoms with Crippen LogP contribution in [0.1, 0.15) is 38.2 Å². The van der Waals surface area contributed by atoms with E-state index in [0.29, 0.717) is 11.4 Å². The molecule has 158 valence electrons. The predicted molar refractivity (Wildman–Crippen MR) is 108 cm³/mol. The van der Waals surface area contributed by atoms with Gasteiger partial charge in [-0.05, 0) is 52.0 Å². The summed E-state index contributed by atoms with van der Waals surface area (Å²) >= 11 is 0. The second kappa shape index (κ2) is 8.02. The number of ether oxygens (including phenoxy) is 1. The number of rotatable bonds is 5. The summed E-state index contributed by atoms with van der Waals surface area (Å²) in [7, 11) is 0. The number of fused-ring (bicyclic) bond motifs is 1. The van der Waals surface area contributed by atoms with Crippen LogP contribution >= 0.6 is 0 Å². The van der Waals surface area contributed by atoms with Crippen LogP contribution in [0.3, 0.4) is 0 Å². The maximum absolute atomic E-state index is 13.2. The first-order valence-corrected chi connectivity index (χ1v) is 9.42. The molecule has 1 aromatic carbocycles. The minimum atomic E-state index is -1.19. The van der Waals surface area contributed by atoms with Crippen LogP contribution < -0.4 is 15.5 Å². The lowest BCUT2D eigenvalue weighted by molar-refractivity contribution is -0.155. The SMILES string of the molecule is C[C@H](NC(=O)c1ccco1)C(=O)O[C@H](C)C(=O)N1c2ccccc2NC(=O)C1(C)C. The number of anilines is 2. The van der Waals surface area contributed by atoms with Gasteiger partial charge < -0.3 is 19.8 Å². The Kier molecular flexibility index (Phi) is 5.64. The zero-order valence-corrected chi connectivity index (χ0v) is 17.1. The predicted octanol–water partition coefficient (Wildman–Crippen LogP) is 2.09. The number of nitrogens with one attached hydrogen (secondary N) is 2. The lowest BCUT2D eigenvalue weighted by Crippen LogP contribution is -2.60. The Morgan fingerprint density at radius 2 is 1.83 bits per heavy atom. The van der Waals surface area contributed by atoms with E-state index < -0.39 is 35.5 Å². The fraction of sp³-hybridized carbons (Fsp3) is 0.333. The quantitative estimate of drug-likeness (QED) is 0.725. The van der Waals surface area contributed by atoms with Crippen LogP contribution in [0.15, 0.2) is 47.1 Å². The van der Waals surface area contributed by atoms with Gasteiger partial charge in [-0.1, -0.05) is 12.1 Å². The minimum absolute atomic E-state index is 0.0523. The second-order valence-electron chi connectivity index (χ2n) is 7.46. The largest absolute Gasteiger partial charge is 0.459 e. The van der Waals surface area contributed by atoms with Crippen molar-refractivity contribution in [2.45, 2.75) is 45.4 Å². The van der Waals surface area contributed by atoms with E-state index in [1.807, 2.05) is 0 Å². The first-order valence-electron chi connectivity index (χ1n) is 9.42. The van der Waals surface area contributed by atoms with Crippen molar-refractivity contribution in [2.24, 2.45) is 0 Å². The monoisotopic (exact) mass is 413 g/mol. The minimum Gasteiger partial charge on any atom is -0.459 e. The van der Waals surface area contributed by atoms with Gasteiger partial charge >= 0.3 is 5.97 Å². The second-order valence-corrected chi connectivity index (χ2v) is 7.46.